The first kappa shape index (κ1) is 17.3. The Morgan fingerprint density at radius 1 is 1.39 bits per heavy atom. The standard InChI is InChI=1S/C14H16F4N2O3/c1-22-11-5-4-9(8-10(11)15)12(14(16,17)18)19-13(21)20-6-2-3-7-23-20/h4-5,8,12H,2-3,6-7H2,1H3,(H,19,21). The molecule has 1 saturated heterocycles. The van der Waals surface area contributed by atoms with Gasteiger partial charge in [0.1, 0.15) is 0 Å². The Bertz CT molecular complexity index is 559. The second kappa shape index (κ2) is 7.03. The van der Waals surface area contributed by atoms with Crippen LogP contribution < -0.4 is 10.1 Å². The summed E-state index contributed by atoms with van der Waals surface area (Å²) >= 11 is 0. The molecule has 2 rings (SSSR count). The third-order valence-electron chi connectivity index (χ3n) is 3.33. The minimum Gasteiger partial charge on any atom is -0.494 e. The highest BCUT2D eigenvalue weighted by molar-refractivity contribution is 5.73. The summed E-state index contributed by atoms with van der Waals surface area (Å²) in [5, 5.41) is 2.69. The molecule has 23 heavy (non-hydrogen) atoms. The van der Waals surface area contributed by atoms with Crippen molar-refractivity contribution in [3.05, 3.63) is 29.6 Å². The highest BCUT2D eigenvalue weighted by Gasteiger charge is 2.43. The molecule has 1 aromatic carbocycles. The van der Waals surface area contributed by atoms with Crippen molar-refractivity contribution in [2.75, 3.05) is 20.3 Å². The lowest BCUT2D eigenvalue weighted by molar-refractivity contribution is -0.165. The highest BCUT2D eigenvalue weighted by Crippen LogP contribution is 2.34. The van der Waals surface area contributed by atoms with Crippen LogP contribution in [-0.4, -0.2) is 37.5 Å². The van der Waals surface area contributed by atoms with Gasteiger partial charge in [0.25, 0.3) is 0 Å². The number of ether oxygens (including phenoxy) is 1. The molecule has 0 aliphatic carbocycles. The number of halogens is 4. The summed E-state index contributed by atoms with van der Waals surface area (Å²) < 4.78 is 58.0. The van der Waals surface area contributed by atoms with E-state index in [0.717, 1.165) is 23.6 Å². The molecule has 1 N–H and O–H groups in total. The van der Waals surface area contributed by atoms with Crippen molar-refractivity contribution >= 4 is 6.03 Å². The number of carbonyl (C=O) groups excluding carboxylic acids is 1. The maximum absolute atomic E-state index is 13.7. The van der Waals surface area contributed by atoms with Crippen molar-refractivity contribution in [1.82, 2.24) is 10.4 Å². The summed E-state index contributed by atoms with van der Waals surface area (Å²) in [6.45, 7) is 0.467. The maximum atomic E-state index is 13.7. The number of alkyl halides is 3. The van der Waals surface area contributed by atoms with Crippen LogP contribution in [0, 0.1) is 5.82 Å². The minimum absolute atomic E-state index is 0.180. The molecule has 2 amide bonds. The summed E-state index contributed by atoms with van der Waals surface area (Å²) in [5.41, 5.74) is -0.429. The zero-order valence-corrected chi connectivity index (χ0v) is 12.3. The van der Waals surface area contributed by atoms with Gasteiger partial charge in [0.2, 0.25) is 0 Å². The summed E-state index contributed by atoms with van der Waals surface area (Å²) in [4.78, 5) is 16.9. The first-order valence-corrected chi connectivity index (χ1v) is 6.94. The van der Waals surface area contributed by atoms with Crippen molar-refractivity contribution in [3.8, 4) is 5.75 Å². The van der Waals surface area contributed by atoms with Crippen LogP contribution in [0.15, 0.2) is 18.2 Å². The van der Waals surface area contributed by atoms with Gasteiger partial charge in [0.15, 0.2) is 17.6 Å². The third kappa shape index (κ3) is 4.25. The lowest BCUT2D eigenvalue weighted by Crippen LogP contribution is -2.47. The summed E-state index contributed by atoms with van der Waals surface area (Å²) in [5.74, 6) is -1.12. The van der Waals surface area contributed by atoms with Crippen LogP contribution in [0.2, 0.25) is 0 Å². The van der Waals surface area contributed by atoms with E-state index in [9.17, 15) is 22.4 Å². The van der Waals surface area contributed by atoms with Gasteiger partial charge >= 0.3 is 12.2 Å². The topological polar surface area (TPSA) is 50.8 Å². The average Bonchev–Trinajstić information content (AvgIpc) is 2.52. The molecule has 1 heterocycles. The van der Waals surface area contributed by atoms with E-state index in [0.29, 0.717) is 12.5 Å². The molecule has 0 radical (unpaired) electrons. The van der Waals surface area contributed by atoms with Gasteiger partial charge in [-0.2, -0.15) is 13.2 Å². The fourth-order valence-electron chi connectivity index (χ4n) is 2.17. The molecule has 1 unspecified atom stereocenters. The number of benzene rings is 1. The SMILES string of the molecule is COc1ccc(C(NC(=O)N2CCCCO2)C(F)(F)F)cc1F. The fourth-order valence-corrected chi connectivity index (χ4v) is 2.17. The van der Waals surface area contributed by atoms with Gasteiger partial charge in [-0.3, -0.25) is 4.84 Å². The van der Waals surface area contributed by atoms with Crippen LogP contribution in [0.25, 0.3) is 0 Å². The summed E-state index contributed by atoms with van der Waals surface area (Å²) in [6, 6.07) is -0.539. The quantitative estimate of drug-likeness (QED) is 0.863. The van der Waals surface area contributed by atoms with E-state index in [4.69, 9.17) is 4.84 Å². The van der Waals surface area contributed by atoms with Crippen LogP contribution in [0.5, 0.6) is 5.75 Å². The van der Waals surface area contributed by atoms with Gasteiger partial charge in [0, 0.05) is 0 Å². The first-order chi connectivity index (χ1) is 10.8. The number of hydrogen-bond donors (Lipinski definition) is 1. The van der Waals surface area contributed by atoms with Crippen molar-refractivity contribution in [3.63, 3.8) is 0 Å². The van der Waals surface area contributed by atoms with Crippen molar-refractivity contribution < 1.29 is 31.9 Å². The number of nitrogens with one attached hydrogen (secondary N) is 1. The van der Waals surface area contributed by atoms with Crippen molar-refractivity contribution in [2.24, 2.45) is 0 Å². The highest BCUT2D eigenvalue weighted by atomic mass is 19.4. The third-order valence-corrected chi connectivity index (χ3v) is 3.33. The Kier molecular flexibility index (Phi) is 5.30. The monoisotopic (exact) mass is 336 g/mol. The molecule has 1 fully saturated rings. The number of hydroxylamine groups is 2. The second-order valence-corrected chi connectivity index (χ2v) is 4.96. The molecule has 9 heteroatoms. The number of carbonyl (C=O) groups is 1. The van der Waals surface area contributed by atoms with Crippen LogP contribution in [0.3, 0.4) is 0 Å². The van der Waals surface area contributed by atoms with Gasteiger partial charge in [-0.25, -0.2) is 14.2 Å². The molecule has 1 aromatic rings. The Balaban J connectivity index is 2.20. The van der Waals surface area contributed by atoms with E-state index in [-0.39, 0.29) is 18.9 Å². The van der Waals surface area contributed by atoms with E-state index in [1.165, 1.54) is 7.11 Å². The molecular weight excluding hydrogens is 320 g/mol. The van der Waals surface area contributed by atoms with E-state index in [2.05, 4.69) is 4.74 Å². The molecule has 0 saturated carbocycles. The van der Waals surface area contributed by atoms with Gasteiger partial charge in [0.05, 0.1) is 20.3 Å². The van der Waals surface area contributed by atoms with E-state index in [1.54, 1.807) is 0 Å². The number of nitrogens with zero attached hydrogens (tertiary/aromatic N) is 1. The molecule has 128 valence electrons. The molecule has 1 aliphatic rings. The largest absolute Gasteiger partial charge is 0.494 e. The number of amides is 2. The van der Waals surface area contributed by atoms with Crippen molar-refractivity contribution in [2.45, 2.75) is 25.1 Å². The molecule has 0 bridgehead atoms. The lowest BCUT2D eigenvalue weighted by Gasteiger charge is -2.29. The zero-order chi connectivity index (χ0) is 17.0. The van der Waals surface area contributed by atoms with Crippen LogP contribution in [-0.2, 0) is 4.84 Å². The smallest absolute Gasteiger partial charge is 0.412 e. The Morgan fingerprint density at radius 3 is 2.65 bits per heavy atom. The van der Waals surface area contributed by atoms with Crippen LogP contribution in [0.1, 0.15) is 24.4 Å². The van der Waals surface area contributed by atoms with Crippen LogP contribution in [0.4, 0.5) is 22.4 Å². The number of hydrogen-bond acceptors (Lipinski definition) is 3. The van der Waals surface area contributed by atoms with Gasteiger partial charge < -0.3 is 10.1 Å². The summed E-state index contributed by atoms with van der Waals surface area (Å²) in [6.07, 6.45) is -3.41. The van der Waals surface area contributed by atoms with Gasteiger partial charge in [-0.05, 0) is 30.5 Å². The maximum Gasteiger partial charge on any atom is 0.412 e. The molecule has 1 aliphatic heterocycles. The minimum atomic E-state index is -4.79. The Hall–Kier alpha value is -2.03. The van der Waals surface area contributed by atoms with Gasteiger partial charge in [-0.1, -0.05) is 6.07 Å². The van der Waals surface area contributed by atoms with Crippen molar-refractivity contribution in [1.29, 1.82) is 0 Å². The second-order valence-electron chi connectivity index (χ2n) is 4.96. The Morgan fingerprint density at radius 2 is 2.13 bits per heavy atom. The lowest BCUT2D eigenvalue weighted by atomic mass is 10.1. The number of methoxy groups -OCH3 is 1. The number of rotatable bonds is 3. The fraction of sp³-hybridized carbons (Fsp3) is 0.500. The van der Waals surface area contributed by atoms with E-state index >= 15 is 0 Å². The molecule has 5 nitrogen and oxygen atoms in total. The zero-order valence-electron chi connectivity index (χ0n) is 12.3. The molecular formula is C14H16F4N2O3. The van der Waals surface area contributed by atoms with E-state index in [1.807, 2.05) is 5.32 Å². The predicted octanol–water partition coefficient (Wildman–Crippen LogP) is 3.17. The Labute approximate surface area is 130 Å². The molecule has 0 aromatic heterocycles. The summed E-state index contributed by atoms with van der Waals surface area (Å²) in [7, 11) is 1.20. The predicted molar refractivity (Wildman–Crippen MR) is 72.2 cm³/mol. The first-order valence-electron chi connectivity index (χ1n) is 6.94. The molecule has 1 atom stereocenters. The molecule has 0 spiro atoms. The average molecular weight is 336 g/mol. The van der Waals surface area contributed by atoms with Gasteiger partial charge in [-0.15, -0.1) is 0 Å². The normalized spacial score (nSPS) is 16.8. The number of urea groups is 1. The van der Waals surface area contributed by atoms with E-state index < -0.39 is 29.6 Å². The van der Waals surface area contributed by atoms with Crippen LogP contribution >= 0.6 is 0 Å².